The molecule has 1 fully saturated rings. The molecule has 1 aliphatic heterocycles. The lowest BCUT2D eigenvalue weighted by molar-refractivity contribution is 0.233. The Bertz CT molecular complexity index is 2880. The number of aliphatic imine (C=N–C) groups is 1. The van der Waals surface area contributed by atoms with Crippen molar-refractivity contribution < 1.29 is 0 Å². The molecule has 282 valence electrons. The van der Waals surface area contributed by atoms with Gasteiger partial charge < -0.3 is 5.32 Å². The molecule has 5 aliphatic rings. The summed E-state index contributed by atoms with van der Waals surface area (Å²) in [6.07, 6.45) is 12.0. The third-order valence-corrected chi connectivity index (χ3v) is 15.5. The summed E-state index contributed by atoms with van der Waals surface area (Å²) in [4.78, 5) is 5.40. The molecule has 2 nitrogen and oxygen atoms in total. The van der Waals surface area contributed by atoms with Crippen LogP contribution in [0.25, 0.3) is 37.9 Å². The van der Waals surface area contributed by atoms with E-state index in [2.05, 4.69) is 177 Å². The number of anilines is 1. The molecule has 0 bridgehead atoms. The van der Waals surface area contributed by atoms with Gasteiger partial charge in [0.05, 0.1) is 5.71 Å². The molecular weight excluding hydrogens is 721 g/mol. The first kappa shape index (κ1) is 34.3. The number of rotatable bonds is 4. The quantitative estimate of drug-likeness (QED) is 0.190. The molecular formula is C55H46N2S. The Balaban J connectivity index is 0.868. The average molecular weight is 767 g/mol. The van der Waals surface area contributed by atoms with Crippen LogP contribution < -0.4 is 5.32 Å². The van der Waals surface area contributed by atoms with Crippen molar-refractivity contribution in [3.05, 3.63) is 202 Å². The first-order chi connectivity index (χ1) is 28.5. The molecule has 4 aliphatic carbocycles. The molecule has 3 heteroatoms. The molecule has 1 aromatic heterocycles. The van der Waals surface area contributed by atoms with Crippen LogP contribution in [-0.2, 0) is 10.8 Å². The van der Waals surface area contributed by atoms with Crippen molar-refractivity contribution in [3.63, 3.8) is 0 Å². The van der Waals surface area contributed by atoms with Crippen molar-refractivity contribution in [2.45, 2.75) is 68.9 Å². The topological polar surface area (TPSA) is 24.4 Å². The fourth-order valence-corrected chi connectivity index (χ4v) is 12.7. The van der Waals surface area contributed by atoms with Crippen molar-refractivity contribution >= 4 is 37.7 Å². The van der Waals surface area contributed by atoms with E-state index in [1.54, 1.807) is 11.1 Å². The Morgan fingerprint density at radius 2 is 1.33 bits per heavy atom. The van der Waals surface area contributed by atoms with E-state index in [0.29, 0.717) is 11.8 Å². The van der Waals surface area contributed by atoms with E-state index in [9.17, 15) is 0 Å². The lowest BCUT2D eigenvalue weighted by atomic mass is 9.62. The minimum atomic E-state index is -0.180. The van der Waals surface area contributed by atoms with Crippen molar-refractivity contribution in [2.75, 3.05) is 5.32 Å². The maximum absolute atomic E-state index is 5.40. The van der Waals surface area contributed by atoms with Gasteiger partial charge in [-0.1, -0.05) is 173 Å². The smallest absolute Gasteiger partial charge is 0.146 e. The van der Waals surface area contributed by atoms with Crippen LogP contribution in [0.15, 0.2) is 168 Å². The molecule has 1 N–H and O–H groups in total. The second-order valence-electron chi connectivity index (χ2n) is 17.8. The van der Waals surface area contributed by atoms with E-state index in [-0.39, 0.29) is 17.0 Å². The Morgan fingerprint density at radius 1 is 0.621 bits per heavy atom. The monoisotopic (exact) mass is 766 g/mol. The molecule has 12 rings (SSSR count). The van der Waals surface area contributed by atoms with Crippen LogP contribution >= 0.6 is 11.3 Å². The molecule has 0 amide bonds. The van der Waals surface area contributed by atoms with Gasteiger partial charge in [-0.25, -0.2) is 0 Å². The van der Waals surface area contributed by atoms with Gasteiger partial charge in [0.15, 0.2) is 0 Å². The van der Waals surface area contributed by atoms with E-state index in [0.717, 1.165) is 16.8 Å². The van der Waals surface area contributed by atoms with Gasteiger partial charge in [-0.3, -0.25) is 4.99 Å². The summed E-state index contributed by atoms with van der Waals surface area (Å²) in [7, 11) is 0. The summed E-state index contributed by atoms with van der Waals surface area (Å²) in [5, 5.41) is 6.25. The van der Waals surface area contributed by atoms with Gasteiger partial charge in [0.1, 0.15) is 11.2 Å². The number of fused-ring (bicyclic) bond motifs is 11. The third kappa shape index (κ3) is 5.05. The van der Waals surface area contributed by atoms with E-state index in [1.807, 2.05) is 11.3 Å². The van der Waals surface area contributed by atoms with Gasteiger partial charge in [-0.2, -0.15) is 0 Å². The van der Waals surface area contributed by atoms with Gasteiger partial charge in [0, 0.05) is 38.0 Å². The van der Waals surface area contributed by atoms with E-state index >= 15 is 0 Å². The van der Waals surface area contributed by atoms with Crippen LogP contribution in [0, 0.1) is 5.92 Å². The SMILES string of the molecule is CC1(C)C2=CC3c4ccccc4C4(CCCCC4)C3C=C2c2cc(-c3ccc(-c4cccc(C5N=C(c6ccccc6)c6c(sc7ccccc67)N5)c4)cc3)ccc21. The maximum atomic E-state index is 5.40. The van der Waals surface area contributed by atoms with Crippen molar-refractivity contribution in [2.24, 2.45) is 10.9 Å². The van der Waals surface area contributed by atoms with E-state index in [1.165, 1.54) is 97.3 Å². The highest BCUT2D eigenvalue weighted by atomic mass is 32.1. The summed E-state index contributed by atoms with van der Waals surface area (Å²) in [6, 6.07) is 54.2. The molecule has 0 radical (unpaired) electrons. The fourth-order valence-electron chi connectivity index (χ4n) is 11.6. The van der Waals surface area contributed by atoms with Gasteiger partial charge in [0.25, 0.3) is 0 Å². The summed E-state index contributed by atoms with van der Waals surface area (Å²) in [5.74, 6) is 1.02. The van der Waals surface area contributed by atoms with Gasteiger partial charge in [-0.05, 0) is 98.2 Å². The average Bonchev–Trinajstić information content (AvgIpc) is 3.86. The summed E-state index contributed by atoms with van der Waals surface area (Å²) in [5.41, 5.74) is 18.9. The maximum Gasteiger partial charge on any atom is 0.146 e. The molecule has 2 heterocycles. The Morgan fingerprint density at radius 3 is 2.16 bits per heavy atom. The zero-order valence-electron chi connectivity index (χ0n) is 33.1. The van der Waals surface area contributed by atoms with Crippen LogP contribution in [0.1, 0.15) is 97.0 Å². The van der Waals surface area contributed by atoms with Gasteiger partial charge in [-0.15, -0.1) is 11.3 Å². The summed E-state index contributed by atoms with van der Waals surface area (Å²) in [6.45, 7) is 4.88. The number of nitrogens with one attached hydrogen (secondary N) is 1. The first-order valence-electron chi connectivity index (χ1n) is 21.3. The Kier molecular flexibility index (Phi) is 7.61. The summed E-state index contributed by atoms with van der Waals surface area (Å²) >= 11 is 1.82. The highest BCUT2D eigenvalue weighted by molar-refractivity contribution is 7.23. The Labute approximate surface area is 345 Å². The summed E-state index contributed by atoms with van der Waals surface area (Å²) < 4.78 is 1.28. The first-order valence-corrected chi connectivity index (χ1v) is 22.1. The van der Waals surface area contributed by atoms with E-state index < -0.39 is 0 Å². The standard InChI is InChI=1S/C55H46N2S/c1-54(2)45-27-26-38(31-42(45)44-33-48-43(32-47(44)54)40-18-7-9-20-46(40)55(48)28-11-4-12-29-55)35-24-22-34(23-25-35)37-16-13-17-39(30-37)52-56-51(36-14-5-3-6-15-36)50-41-19-8-10-21-49(41)58-53(50)57-52/h3,5-10,13-27,30-33,43,48,52,57H,4,11-12,28-29H2,1-2H3. The largest absolute Gasteiger partial charge is 0.351 e. The molecule has 3 unspecified atom stereocenters. The van der Waals surface area contributed by atoms with Crippen LogP contribution in [0.4, 0.5) is 5.00 Å². The number of hydrogen-bond acceptors (Lipinski definition) is 3. The molecule has 3 atom stereocenters. The highest BCUT2D eigenvalue weighted by Crippen LogP contribution is 2.64. The number of hydrogen-bond donors (Lipinski definition) is 1. The number of nitrogens with zero attached hydrogens (tertiary/aromatic N) is 1. The molecule has 1 spiro atoms. The number of allylic oxidation sites excluding steroid dienone is 4. The minimum Gasteiger partial charge on any atom is -0.351 e. The normalized spacial score (nSPS) is 21.8. The van der Waals surface area contributed by atoms with Crippen LogP contribution in [0.5, 0.6) is 0 Å². The molecule has 58 heavy (non-hydrogen) atoms. The lowest BCUT2D eigenvalue weighted by Gasteiger charge is -2.41. The number of thiophene rings is 1. The second-order valence-corrected chi connectivity index (χ2v) is 18.8. The van der Waals surface area contributed by atoms with Crippen LogP contribution in [-0.4, -0.2) is 5.71 Å². The molecule has 0 saturated heterocycles. The predicted molar refractivity (Wildman–Crippen MR) is 244 cm³/mol. The third-order valence-electron chi connectivity index (χ3n) is 14.4. The number of benzene rings is 6. The van der Waals surface area contributed by atoms with Gasteiger partial charge in [0.2, 0.25) is 0 Å². The zero-order valence-corrected chi connectivity index (χ0v) is 34.0. The van der Waals surface area contributed by atoms with Gasteiger partial charge >= 0.3 is 0 Å². The van der Waals surface area contributed by atoms with Crippen molar-refractivity contribution in [1.82, 2.24) is 0 Å². The zero-order chi connectivity index (χ0) is 38.6. The van der Waals surface area contributed by atoms with Crippen molar-refractivity contribution in [3.8, 4) is 22.3 Å². The van der Waals surface area contributed by atoms with Crippen LogP contribution in [0.2, 0.25) is 0 Å². The lowest BCUT2D eigenvalue weighted by Crippen LogP contribution is -2.35. The molecule has 7 aromatic rings. The van der Waals surface area contributed by atoms with Crippen LogP contribution in [0.3, 0.4) is 0 Å². The molecule has 1 saturated carbocycles. The highest BCUT2D eigenvalue weighted by Gasteiger charge is 2.53. The van der Waals surface area contributed by atoms with Crippen molar-refractivity contribution in [1.29, 1.82) is 0 Å². The second kappa shape index (κ2) is 12.9. The molecule has 6 aromatic carbocycles. The predicted octanol–water partition coefficient (Wildman–Crippen LogP) is 14.4. The fraction of sp³-hybridized carbons (Fsp3) is 0.218. The Hall–Kier alpha value is -5.77. The van der Waals surface area contributed by atoms with E-state index in [4.69, 9.17) is 4.99 Å². The minimum absolute atomic E-state index is 0.0194.